The molecule has 20 heavy (non-hydrogen) atoms. The van der Waals surface area contributed by atoms with Crippen molar-refractivity contribution in [2.75, 3.05) is 26.7 Å². The maximum atomic E-state index is 12.0. The number of nitrogens with zero attached hydrogens (tertiary/aromatic N) is 2. The van der Waals surface area contributed by atoms with Gasteiger partial charge in [0, 0.05) is 12.6 Å². The molecule has 0 aromatic heterocycles. The summed E-state index contributed by atoms with van der Waals surface area (Å²) < 4.78 is 0. The van der Waals surface area contributed by atoms with E-state index in [1.807, 2.05) is 23.1 Å². The third-order valence-corrected chi connectivity index (χ3v) is 3.99. The molecule has 1 heterocycles. The molecular formula is C16H25N3O. The zero-order chi connectivity index (χ0) is 14.5. The molecule has 1 saturated heterocycles. The Balaban J connectivity index is 1.93. The lowest BCUT2D eigenvalue weighted by Crippen LogP contribution is -2.34. The van der Waals surface area contributed by atoms with Crippen LogP contribution in [0.1, 0.15) is 32.0 Å². The molecule has 2 rings (SSSR count). The Morgan fingerprint density at radius 2 is 2.05 bits per heavy atom. The Hall–Kier alpha value is -1.39. The second kappa shape index (κ2) is 6.86. The smallest absolute Gasteiger partial charge is 0.238 e. The van der Waals surface area contributed by atoms with Gasteiger partial charge in [-0.3, -0.25) is 10.1 Å². The van der Waals surface area contributed by atoms with Crippen LogP contribution in [-0.4, -0.2) is 48.4 Å². The van der Waals surface area contributed by atoms with Gasteiger partial charge in [0.2, 0.25) is 5.91 Å². The zero-order valence-corrected chi connectivity index (χ0v) is 12.7. The minimum atomic E-state index is 0.0352. The van der Waals surface area contributed by atoms with Crippen LogP contribution >= 0.6 is 0 Å². The Kier molecular flexibility index (Phi) is 5.15. The molecule has 1 unspecified atom stereocenters. The first-order valence-electron chi connectivity index (χ1n) is 7.37. The van der Waals surface area contributed by atoms with Crippen LogP contribution in [0.25, 0.3) is 0 Å². The summed E-state index contributed by atoms with van der Waals surface area (Å²) in [7, 11) is 2.13. The SMILES string of the molecule is CC(C)N(C)CCCN1C(=O)CNC1c1ccccc1. The van der Waals surface area contributed by atoms with E-state index >= 15 is 0 Å². The molecule has 0 aliphatic carbocycles. The number of carbonyl (C=O) groups excluding carboxylic acids is 1. The van der Waals surface area contributed by atoms with Crippen LogP contribution in [0.2, 0.25) is 0 Å². The van der Waals surface area contributed by atoms with E-state index in [4.69, 9.17) is 0 Å². The Labute approximate surface area is 121 Å². The second-order valence-corrected chi connectivity index (χ2v) is 5.71. The fourth-order valence-corrected chi connectivity index (χ4v) is 2.48. The average molecular weight is 275 g/mol. The standard InChI is InChI=1S/C16H25N3O/c1-13(2)18(3)10-7-11-19-15(20)12-17-16(19)14-8-5-4-6-9-14/h4-6,8-9,13,16-17H,7,10-12H2,1-3H3. The summed E-state index contributed by atoms with van der Waals surface area (Å²) in [5.41, 5.74) is 1.16. The second-order valence-electron chi connectivity index (χ2n) is 5.71. The average Bonchev–Trinajstić information content (AvgIpc) is 2.81. The lowest BCUT2D eigenvalue weighted by atomic mass is 10.1. The first-order valence-corrected chi connectivity index (χ1v) is 7.37. The van der Waals surface area contributed by atoms with Crippen LogP contribution in [0.4, 0.5) is 0 Å². The van der Waals surface area contributed by atoms with Crippen LogP contribution < -0.4 is 5.32 Å². The quantitative estimate of drug-likeness (QED) is 0.860. The molecule has 0 saturated carbocycles. The van der Waals surface area contributed by atoms with Gasteiger partial charge in [0.05, 0.1) is 6.54 Å². The third-order valence-electron chi connectivity index (χ3n) is 3.99. The van der Waals surface area contributed by atoms with Crippen molar-refractivity contribution in [2.45, 2.75) is 32.5 Å². The van der Waals surface area contributed by atoms with Crippen molar-refractivity contribution in [3.63, 3.8) is 0 Å². The van der Waals surface area contributed by atoms with Crippen molar-refractivity contribution in [3.05, 3.63) is 35.9 Å². The summed E-state index contributed by atoms with van der Waals surface area (Å²) in [6.07, 6.45) is 1.04. The van der Waals surface area contributed by atoms with E-state index in [1.54, 1.807) is 0 Å². The van der Waals surface area contributed by atoms with Gasteiger partial charge in [-0.25, -0.2) is 0 Å². The summed E-state index contributed by atoms with van der Waals surface area (Å²) in [6, 6.07) is 10.7. The van der Waals surface area contributed by atoms with Crippen LogP contribution in [0, 0.1) is 0 Å². The van der Waals surface area contributed by atoms with Gasteiger partial charge in [-0.2, -0.15) is 0 Å². The first-order chi connectivity index (χ1) is 9.59. The van der Waals surface area contributed by atoms with E-state index in [-0.39, 0.29) is 12.1 Å². The number of nitrogens with one attached hydrogen (secondary N) is 1. The molecule has 1 aromatic rings. The molecular weight excluding hydrogens is 250 g/mol. The highest BCUT2D eigenvalue weighted by molar-refractivity contribution is 5.80. The number of hydrogen-bond acceptors (Lipinski definition) is 3. The predicted molar refractivity (Wildman–Crippen MR) is 81.3 cm³/mol. The molecule has 1 amide bonds. The van der Waals surface area contributed by atoms with E-state index in [0.29, 0.717) is 12.6 Å². The van der Waals surface area contributed by atoms with Crippen molar-refractivity contribution in [1.82, 2.24) is 15.1 Å². The van der Waals surface area contributed by atoms with Crippen LogP contribution in [0.5, 0.6) is 0 Å². The molecule has 4 nitrogen and oxygen atoms in total. The molecule has 1 aromatic carbocycles. The molecule has 1 aliphatic heterocycles. The zero-order valence-electron chi connectivity index (χ0n) is 12.7. The minimum absolute atomic E-state index is 0.0352. The van der Waals surface area contributed by atoms with Gasteiger partial charge >= 0.3 is 0 Å². The summed E-state index contributed by atoms with van der Waals surface area (Å²) >= 11 is 0. The molecule has 4 heteroatoms. The Morgan fingerprint density at radius 3 is 2.70 bits per heavy atom. The monoisotopic (exact) mass is 275 g/mol. The molecule has 1 fully saturated rings. The van der Waals surface area contributed by atoms with Crippen LogP contribution in [0.15, 0.2) is 30.3 Å². The number of benzene rings is 1. The summed E-state index contributed by atoms with van der Waals surface area (Å²) in [4.78, 5) is 16.3. The maximum absolute atomic E-state index is 12.0. The van der Waals surface area contributed by atoms with Crippen molar-refractivity contribution < 1.29 is 4.79 Å². The van der Waals surface area contributed by atoms with E-state index in [9.17, 15) is 4.79 Å². The molecule has 1 atom stereocenters. The molecule has 1 aliphatic rings. The van der Waals surface area contributed by atoms with Gasteiger partial charge in [-0.15, -0.1) is 0 Å². The first kappa shape index (κ1) is 15.0. The van der Waals surface area contributed by atoms with Crippen LogP contribution in [-0.2, 0) is 4.79 Å². The molecule has 110 valence electrons. The van der Waals surface area contributed by atoms with Gasteiger partial charge in [0.1, 0.15) is 6.17 Å². The largest absolute Gasteiger partial charge is 0.322 e. The number of rotatable bonds is 6. The highest BCUT2D eigenvalue weighted by atomic mass is 16.2. The molecule has 0 radical (unpaired) electrons. The molecule has 0 spiro atoms. The van der Waals surface area contributed by atoms with Gasteiger partial charge in [0.15, 0.2) is 0 Å². The Bertz CT molecular complexity index is 433. The minimum Gasteiger partial charge on any atom is -0.322 e. The van der Waals surface area contributed by atoms with Crippen molar-refractivity contribution >= 4 is 5.91 Å². The molecule has 1 N–H and O–H groups in total. The number of carbonyl (C=O) groups is 1. The van der Waals surface area contributed by atoms with E-state index in [2.05, 4.69) is 43.2 Å². The topological polar surface area (TPSA) is 35.6 Å². The number of amides is 1. The highest BCUT2D eigenvalue weighted by Gasteiger charge is 2.30. The van der Waals surface area contributed by atoms with Crippen molar-refractivity contribution in [3.8, 4) is 0 Å². The summed E-state index contributed by atoms with van der Waals surface area (Å²) in [5.74, 6) is 0.200. The predicted octanol–water partition coefficient (Wildman–Crippen LogP) is 1.85. The van der Waals surface area contributed by atoms with E-state index in [0.717, 1.165) is 25.1 Å². The Morgan fingerprint density at radius 1 is 1.35 bits per heavy atom. The fraction of sp³-hybridized carbons (Fsp3) is 0.562. The summed E-state index contributed by atoms with van der Waals surface area (Å²) in [6.45, 7) is 6.65. The molecule has 0 bridgehead atoms. The lowest BCUT2D eigenvalue weighted by Gasteiger charge is -2.27. The number of hydrogen-bond donors (Lipinski definition) is 1. The van der Waals surface area contributed by atoms with Crippen LogP contribution in [0.3, 0.4) is 0 Å². The van der Waals surface area contributed by atoms with Gasteiger partial charge < -0.3 is 9.80 Å². The van der Waals surface area contributed by atoms with E-state index in [1.165, 1.54) is 0 Å². The highest BCUT2D eigenvalue weighted by Crippen LogP contribution is 2.22. The lowest BCUT2D eigenvalue weighted by molar-refractivity contribution is -0.128. The van der Waals surface area contributed by atoms with Gasteiger partial charge in [-0.1, -0.05) is 30.3 Å². The van der Waals surface area contributed by atoms with Crippen molar-refractivity contribution in [1.29, 1.82) is 0 Å². The third kappa shape index (κ3) is 3.58. The normalized spacial score (nSPS) is 19.4. The fourth-order valence-electron chi connectivity index (χ4n) is 2.48. The van der Waals surface area contributed by atoms with Crippen molar-refractivity contribution in [2.24, 2.45) is 0 Å². The maximum Gasteiger partial charge on any atom is 0.238 e. The summed E-state index contributed by atoms with van der Waals surface area (Å²) in [5, 5.41) is 3.30. The van der Waals surface area contributed by atoms with Gasteiger partial charge in [-0.05, 0) is 39.4 Å². The van der Waals surface area contributed by atoms with E-state index < -0.39 is 0 Å². The van der Waals surface area contributed by atoms with Gasteiger partial charge in [0.25, 0.3) is 0 Å².